The number of hydrogen-bond donors (Lipinski definition) is 0. The van der Waals surface area contributed by atoms with Gasteiger partial charge >= 0.3 is 0 Å². The van der Waals surface area contributed by atoms with Gasteiger partial charge < -0.3 is 14.4 Å². The molecule has 5 heteroatoms. The lowest BCUT2D eigenvalue weighted by atomic mass is 10.1. The Balaban J connectivity index is 1.52. The summed E-state index contributed by atoms with van der Waals surface area (Å²) < 4.78 is 11.4. The maximum Gasteiger partial charge on any atom is 0.0829 e. The van der Waals surface area contributed by atoms with Crippen molar-refractivity contribution in [3.8, 4) is 0 Å². The maximum atomic E-state index is 6.06. The Morgan fingerprint density at radius 2 is 1.93 bits per heavy atom. The van der Waals surface area contributed by atoms with E-state index >= 15 is 0 Å². The monoisotopic (exact) mass is 373 g/mol. The zero-order chi connectivity index (χ0) is 19.1. The highest BCUT2D eigenvalue weighted by Crippen LogP contribution is 2.16. The van der Waals surface area contributed by atoms with Crippen LogP contribution in [-0.4, -0.2) is 93.9 Å². The van der Waals surface area contributed by atoms with Crippen LogP contribution in [0.5, 0.6) is 0 Å². The second kappa shape index (κ2) is 10.3. The van der Waals surface area contributed by atoms with Crippen LogP contribution in [0.4, 0.5) is 0 Å². The van der Waals surface area contributed by atoms with Crippen molar-refractivity contribution in [1.82, 2.24) is 14.7 Å². The molecule has 0 amide bonds. The third kappa shape index (κ3) is 6.40. The molecule has 3 rings (SSSR count). The van der Waals surface area contributed by atoms with E-state index in [1.165, 1.54) is 29.8 Å². The molecule has 0 N–H and O–H groups in total. The van der Waals surface area contributed by atoms with Gasteiger partial charge in [-0.3, -0.25) is 9.80 Å². The van der Waals surface area contributed by atoms with E-state index in [4.69, 9.17) is 9.47 Å². The summed E-state index contributed by atoms with van der Waals surface area (Å²) in [7, 11) is 3.96. The third-order valence-electron chi connectivity index (χ3n) is 5.51. The van der Waals surface area contributed by atoms with Gasteiger partial charge in [-0.05, 0) is 25.1 Å². The number of likely N-dealkylation sites (N-methyl/N-ethyl adjacent to an activating group) is 1. The number of ether oxygens (including phenoxy) is 2. The Kier molecular flexibility index (Phi) is 7.85. The summed E-state index contributed by atoms with van der Waals surface area (Å²) in [5.41, 5.74) is 3.90. The second-order valence-electron chi connectivity index (χ2n) is 7.95. The van der Waals surface area contributed by atoms with Crippen LogP contribution in [0.1, 0.15) is 18.1 Å². The minimum absolute atomic E-state index is 0.329. The zero-order valence-electron chi connectivity index (χ0n) is 17.2. The van der Waals surface area contributed by atoms with Crippen LogP contribution in [0.15, 0.2) is 29.8 Å². The number of piperazine rings is 1. The standard InChI is InChI=1S/C22H35N3O2/c1-19(14-20-6-4-5-7-21(20)18-26-3)15-25-12-13-27-22(17-25)16-24-10-8-23(2)9-11-24/h4-7,14,22H,8-13,15-18H2,1-3H3/b19-14+. The SMILES string of the molecule is COCc1ccccc1/C=C(\C)CN1CCOC(CN2CCN(C)CC2)C1. The van der Waals surface area contributed by atoms with E-state index in [1.807, 2.05) is 0 Å². The highest BCUT2D eigenvalue weighted by atomic mass is 16.5. The van der Waals surface area contributed by atoms with Crippen LogP contribution >= 0.6 is 0 Å². The van der Waals surface area contributed by atoms with Crippen LogP contribution in [0.2, 0.25) is 0 Å². The number of hydrogen-bond acceptors (Lipinski definition) is 5. The molecule has 5 nitrogen and oxygen atoms in total. The van der Waals surface area contributed by atoms with Crippen LogP contribution in [0, 0.1) is 0 Å². The van der Waals surface area contributed by atoms with Gasteiger partial charge in [0.1, 0.15) is 0 Å². The van der Waals surface area contributed by atoms with E-state index < -0.39 is 0 Å². The average Bonchev–Trinajstić information content (AvgIpc) is 2.66. The van der Waals surface area contributed by atoms with Crippen molar-refractivity contribution in [1.29, 1.82) is 0 Å². The van der Waals surface area contributed by atoms with Crippen molar-refractivity contribution >= 4 is 6.08 Å². The highest BCUT2D eigenvalue weighted by Gasteiger charge is 2.24. The molecule has 2 heterocycles. The topological polar surface area (TPSA) is 28.2 Å². The van der Waals surface area contributed by atoms with E-state index in [-0.39, 0.29) is 0 Å². The molecular formula is C22H35N3O2. The van der Waals surface area contributed by atoms with Gasteiger partial charge in [0.25, 0.3) is 0 Å². The fourth-order valence-corrected chi connectivity index (χ4v) is 3.98. The predicted octanol–water partition coefficient (Wildman–Crippen LogP) is 2.18. The number of nitrogens with zero attached hydrogens (tertiary/aromatic N) is 3. The molecule has 27 heavy (non-hydrogen) atoms. The fourth-order valence-electron chi connectivity index (χ4n) is 3.98. The smallest absolute Gasteiger partial charge is 0.0829 e. The van der Waals surface area contributed by atoms with Crippen molar-refractivity contribution in [3.05, 3.63) is 41.0 Å². The molecule has 2 saturated heterocycles. The largest absolute Gasteiger partial charge is 0.380 e. The Bertz CT molecular complexity index is 611. The van der Waals surface area contributed by atoms with Gasteiger partial charge in [-0.1, -0.05) is 35.9 Å². The first kappa shape index (κ1) is 20.5. The number of benzene rings is 1. The van der Waals surface area contributed by atoms with Crippen molar-refractivity contribution in [2.75, 3.05) is 73.1 Å². The van der Waals surface area contributed by atoms with Crippen LogP contribution in [-0.2, 0) is 16.1 Å². The zero-order valence-corrected chi connectivity index (χ0v) is 17.2. The summed E-state index contributed by atoms with van der Waals surface area (Å²) >= 11 is 0. The molecule has 0 radical (unpaired) electrons. The van der Waals surface area contributed by atoms with Gasteiger partial charge in [0.15, 0.2) is 0 Å². The Hall–Kier alpha value is -1.24. The average molecular weight is 374 g/mol. The Labute approximate surface area is 164 Å². The summed E-state index contributed by atoms with van der Waals surface area (Å²) in [6, 6.07) is 8.49. The van der Waals surface area contributed by atoms with E-state index in [0.717, 1.165) is 45.9 Å². The minimum Gasteiger partial charge on any atom is -0.380 e. The van der Waals surface area contributed by atoms with Crippen LogP contribution in [0.3, 0.4) is 0 Å². The Morgan fingerprint density at radius 1 is 1.15 bits per heavy atom. The van der Waals surface area contributed by atoms with E-state index in [0.29, 0.717) is 12.7 Å². The summed E-state index contributed by atoms with van der Waals surface area (Å²) in [6.45, 7) is 12.5. The summed E-state index contributed by atoms with van der Waals surface area (Å²) in [4.78, 5) is 7.49. The summed E-state index contributed by atoms with van der Waals surface area (Å²) in [5, 5.41) is 0. The van der Waals surface area contributed by atoms with Gasteiger partial charge in [-0.15, -0.1) is 0 Å². The summed E-state index contributed by atoms with van der Waals surface area (Å²) in [6.07, 6.45) is 2.63. The molecule has 1 unspecified atom stereocenters. The molecule has 0 aromatic heterocycles. The first-order valence-corrected chi connectivity index (χ1v) is 10.1. The second-order valence-corrected chi connectivity index (χ2v) is 7.95. The van der Waals surface area contributed by atoms with Crippen LogP contribution < -0.4 is 0 Å². The number of morpholine rings is 1. The van der Waals surface area contributed by atoms with Gasteiger partial charge in [0.2, 0.25) is 0 Å². The van der Waals surface area contributed by atoms with Crippen molar-refractivity contribution in [2.24, 2.45) is 0 Å². The van der Waals surface area contributed by atoms with Gasteiger partial charge in [-0.25, -0.2) is 0 Å². The molecule has 1 aromatic rings. The van der Waals surface area contributed by atoms with Crippen molar-refractivity contribution in [2.45, 2.75) is 19.6 Å². The lowest BCUT2D eigenvalue weighted by Gasteiger charge is -2.38. The van der Waals surface area contributed by atoms with E-state index in [9.17, 15) is 0 Å². The quantitative estimate of drug-likeness (QED) is 0.731. The van der Waals surface area contributed by atoms with Gasteiger partial charge in [-0.2, -0.15) is 0 Å². The molecule has 150 valence electrons. The molecule has 1 aromatic carbocycles. The van der Waals surface area contributed by atoms with Crippen LogP contribution in [0.25, 0.3) is 6.08 Å². The normalized spacial score (nSPS) is 23.7. The van der Waals surface area contributed by atoms with Crippen molar-refractivity contribution in [3.63, 3.8) is 0 Å². The third-order valence-corrected chi connectivity index (χ3v) is 5.51. The molecule has 0 saturated carbocycles. The minimum atomic E-state index is 0.329. The molecular weight excluding hydrogens is 338 g/mol. The molecule has 0 bridgehead atoms. The van der Waals surface area contributed by atoms with Gasteiger partial charge in [0.05, 0.1) is 19.3 Å². The fraction of sp³-hybridized carbons (Fsp3) is 0.636. The molecule has 1 atom stereocenters. The van der Waals surface area contributed by atoms with Crippen molar-refractivity contribution < 1.29 is 9.47 Å². The van der Waals surface area contributed by atoms with Gasteiger partial charge in [0, 0.05) is 59.5 Å². The lowest BCUT2D eigenvalue weighted by Crippen LogP contribution is -2.52. The molecule has 0 aliphatic carbocycles. The molecule has 2 aliphatic rings. The molecule has 2 aliphatic heterocycles. The predicted molar refractivity (Wildman–Crippen MR) is 111 cm³/mol. The number of methoxy groups -OCH3 is 1. The maximum absolute atomic E-state index is 6.06. The Morgan fingerprint density at radius 3 is 2.70 bits per heavy atom. The first-order valence-electron chi connectivity index (χ1n) is 10.1. The highest BCUT2D eigenvalue weighted by molar-refractivity contribution is 5.56. The summed E-state index contributed by atoms with van der Waals surface area (Å²) in [5.74, 6) is 0. The number of rotatable bonds is 7. The first-order chi connectivity index (χ1) is 13.1. The van der Waals surface area contributed by atoms with E-state index in [2.05, 4.69) is 59.0 Å². The molecule has 0 spiro atoms. The molecule has 2 fully saturated rings. The van der Waals surface area contributed by atoms with E-state index in [1.54, 1.807) is 7.11 Å². The lowest BCUT2D eigenvalue weighted by molar-refractivity contribution is -0.0448.